The molecule has 5 atom stereocenters. The largest absolute Gasteiger partial charge is 0.455 e. The lowest BCUT2D eigenvalue weighted by Crippen LogP contribution is -2.65. The van der Waals surface area contributed by atoms with Gasteiger partial charge in [-0.15, -0.1) is 0 Å². The SMILES string of the molecule is CC(=O)N[C@H]1[C@H](OCC(F)(F)C(F)(F)F)O[C@H](CO)[C@@H](O)[C@@H]1O. The lowest BCUT2D eigenvalue weighted by molar-refractivity contribution is -0.328. The van der Waals surface area contributed by atoms with Gasteiger partial charge in [-0.05, 0) is 0 Å². The van der Waals surface area contributed by atoms with Crippen molar-refractivity contribution in [2.45, 2.75) is 49.7 Å². The van der Waals surface area contributed by atoms with Crippen LogP contribution in [-0.2, 0) is 14.3 Å². The van der Waals surface area contributed by atoms with E-state index in [4.69, 9.17) is 9.84 Å². The number of alkyl halides is 5. The second kappa shape index (κ2) is 7.21. The zero-order valence-corrected chi connectivity index (χ0v) is 11.8. The van der Waals surface area contributed by atoms with E-state index in [0.29, 0.717) is 0 Å². The maximum Gasteiger partial charge on any atom is 0.455 e. The first-order chi connectivity index (χ1) is 10.4. The number of rotatable bonds is 5. The van der Waals surface area contributed by atoms with Gasteiger partial charge < -0.3 is 30.1 Å². The number of halogens is 5. The van der Waals surface area contributed by atoms with Gasteiger partial charge in [0.2, 0.25) is 5.91 Å². The lowest BCUT2D eigenvalue weighted by Gasteiger charge is -2.42. The number of carbonyl (C=O) groups is 1. The van der Waals surface area contributed by atoms with Gasteiger partial charge in [-0.25, -0.2) is 0 Å². The second-order valence-corrected chi connectivity index (χ2v) is 4.95. The zero-order valence-electron chi connectivity index (χ0n) is 11.8. The highest BCUT2D eigenvalue weighted by molar-refractivity contribution is 5.73. The van der Waals surface area contributed by atoms with Crippen LogP contribution in [0.5, 0.6) is 0 Å². The molecule has 1 heterocycles. The average molecular weight is 353 g/mol. The summed E-state index contributed by atoms with van der Waals surface area (Å²) in [6, 6.07) is -1.60. The highest BCUT2D eigenvalue weighted by Crippen LogP contribution is 2.36. The van der Waals surface area contributed by atoms with E-state index in [1.54, 1.807) is 0 Å². The molecule has 1 fully saturated rings. The fourth-order valence-electron chi connectivity index (χ4n) is 1.88. The van der Waals surface area contributed by atoms with Crippen LogP contribution in [0.3, 0.4) is 0 Å². The van der Waals surface area contributed by atoms with Crippen molar-refractivity contribution in [1.82, 2.24) is 5.32 Å². The first-order valence-corrected chi connectivity index (χ1v) is 6.36. The van der Waals surface area contributed by atoms with E-state index in [-0.39, 0.29) is 0 Å². The Labute approximate surface area is 127 Å². The molecule has 0 radical (unpaired) electrons. The van der Waals surface area contributed by atoms with Crippen LogP contribution in [0.1, 0.15) is 6.92 Å². The first-order valence-electron chi connectivity index (χ1n) is 6.36. The average Bonchev–Trinajstić information content (AvgIpc) is 2.41. The lowest BCUT2D eigenvalue weighted by atomic mass is 9.97. The number of ether oxygens (including phenoxy) is 2. The molecule has 0 bridgehead atoms. The van der Waals surface area contributed by atoms with Crippen LogP contribution in [0.4, 0.5) is 22.0 Å². The molecule has 7 nitrogen and oxygen atoms in total. The van der Waals surface area contributed by atoms with E-state index >= 15 is 0 Å². The Balaban J connectivity index is 2.88. The smallest absolute Gasteiger partial charge is 0.394 e. The summed E-state index contributed by atoms with van der Waals surface area (Å²) in [6.07, 6.45) is -12.8. The van der Waals surface area contributed by atoms with Crippen LogP contribution in [-0.4, -0.2) is 77.2 Å². The van der Waals surface area contributed by atoms with E-state index < -0.39 is 61.9 Å². The summed E-state index contributed by atoms with van der Waals surface area (Å²) in [6.45, 7) is -2.00. The maximum atomic E-state index is 12.9. The number of amides is 1. The van der Waals surface area contributed by atoms with Gasteiger partial charge in [0.05, 0.1) is 6.61 Å². The third-order valence-corrected chi connectivity index (χ3v) is 3.09. The molecule has 1 aliphatic heterocycles. The number of aliphatic hydroxyl groups is 3. The van der Waals surface area contributed by atoms with Gasteiger partial charge in [0.1, 0.15) is 31.0 Å². The van der Waals surface area contributed by atoms with Crippen molar-refractivity contribution in [3.63, 3.8) is 0 Å². The summed E-state index contributed by atoms with van der Waals surface area (Å²) in [5.41, 5.74) is 0. The van der Waals surface area contributed by atoms with Gasteiger partial charge >= 0.3 is 12.1 Å². The number of hydrogen-bond donors (Lipinski definition) is 4. The molecule has 1 aliphatic rings. The first kappa shape index (κ1) is 20.0. The van der Waals surface area contributed by atoms with Crippen LogP contribution >= 0.6 is 0 Å². The van der Waals surface area contributed by atoms with Gasteiger partial charge in [-0.3, -0.25) is 4.79 Å². The topological polar surface area (TPSA) is 108 Å². The molecular weight excluding hydrogens is 337 g/mol. The number of hydrogen-bond acceptors (Lipinski definition) is 6. The van der Waals surface area contributed by atoms with Gasteiger partial charge in [0.25, 0.3) is 0 Å². The predicted octanol–water partition coefficient (Wildman–Crippen LogP) is -0.856. The van der Waals surface area contributed by atoms with Gasteiger partial charge in [-0.1, -0.05) is 0 Å². The molecule has 1 rings (SSSR count). The van der Waals surface area contributed by atoms with Crippen molar-refractivity contribution in [2.24, 2.45) is 0 Å². The molecule has 0 aromatic heterocycles. The fraction of sp³-hybridized carbons (Fsp3) is 0.909. The van der Waals surface area contributed by atoms with Crippen LogP contribution in [0.2, 0.25) is 0 Å². The molecule has 0 unspecified atom stereocenters. The highest BCUT2D eigenvalue weighted by atomic mass is 19.4. The van der Waals surface area contributed by atoms with Crippen LogP contribution in [0.15, 0.2) is 0 Å². The Bertz CT molecular complexity index is 420. The number of aliphatic hydroxyl groups excluding tert-OH is 3. The Hall–Kier alpha value is -1.08. The molecule has 23 heavy (non-hydrogen) atoms. The van der Waals surface area contributed by atoms with Crippen LogP contribution in [0.25, 0.3) is 0 Å². The third-order valence-electron chi connectivity index (χ3n) is 3.09. The molecule has 0 aliphatic carbocycles. The minimum Gasteiger partial charge on any atom is -0.394 e. The predicted molar refractivity (Wildman–Crippen MR) is 62.3 cm³/mol. The Morgan fingerprint density at radius 2 is 1.78 bits per heavy atom. The normalized spacial score (nSPS) is 32.7. The molecule has 136 valence electrons. The van der Waals surface area contributed by atoms with Crippen molar-refractivity contribution in [3.8, 4) is 0 Å². The summed E-state index contributed by atoms with van der Waals surface area (Å²) in [5, 5.41) is 30.4. The number of carbonyl (C=O) groups excluding carboxylic acids is 1. The molecule has 12 heteroatoms. The molecule has 0 saturated carbocycles. The summed E-state index contributed by atoms with van der Waals surface area (Å²) < 4.78 is 71.3. The van der Waals surface area contributed by atoms with Crippen molar-refractivity contribution in [2.75, 3.05) is 13.2 Å². The van der Waals surface area contributed by atoms with E-state index in [0.717, 1.165) is 6.92 Å². The van der Waals surface area contributed by atoms with Crippen molar-refractivity contribution in [3.05, 3.63) is 0 Å². The van der Waals surface area contributed by atoms with Crippen molar-refractivity contribution < 1.29 is 51.5 Å². The summed E-state index contributed by atoms with van der Waals surface area (Å²) in [5.74, 6) is -5.96. The van der Waals surface area contributed by atoms with E-state index in [1.807, 2.05) is 5.32 Å². The molecule has 1 amide bonds. The minimum absolute atomic E-state index is 0.775. The Morgan fingerprint density at radius 1 is 1.22 bits per heavy atom. The summed E-state index contributed by atoms with van der Waals surface area (Å²) >= 11 is 0. The highest BCUT2D eigenvalue weighted by Gasteiger charge is 2.58. The van der Waals surface area contributed by atoms with E-state index in [1.165, 1.54) is 0 Å². The Kier molecular flexibility index (Phi) is 6.26. The quantitative estimate of drug-likeness (QED) is 0.480. The van der Waals surface area contributed by atoms with E-state index in [2.05, 4.69) is 4.74 Å². The van der Waals surface area contributed by atoms with Crippen LogP contribution in [0, 0.1) is 0 Å². The molecule has 1 saturated heterocycles. The maximum absolute atomic E-state index is 12.9. The van der Waals surface area contributed by atoms with Gasteiger partial charge in [-0.2, -0.15) is 22.0 Å². The second-order valence-electron chi connectivity index (χ2n) is 4.95. The molecule has 4 N–H and O–H groups in total. The molecule has 0 aromatic carbocycles. The van der Waals surface area contributed by atoms with Crippen molar-refractivity contribution in [1.29, 1.82) is 0 Å². The standard InChI is InChI=1S/C11H16F5NO6/c1-4(19)17-6-8(21)7(20)5(2-18)23-9(6)22-3-10(12,13)11(14,15)16/h5-9,18,20-21H,2-3H2,1H3,(H,17,19)/t5-,6-,7-,8-,9-/m1/s1. The summed E-state index contributed by atoms with van der Waals surface area (Å²) in [7, 11) is 0. The number of nitrogens with one attached hydrogen (secondary N) is 1. The monoisotopic (exact) mass is 353 g/mol. The molecular formula is C11H16F5NO6. The third kappa shape index (κ3) is 4.70. The summed E-state index contributed by atoms with van der Waals surface area (Å²) in [4.78, 5) is 11.0. The Morgan fingerprint density at radius 3 is 2.22 bits per heavy atom. The van der Waals surface area contributed by atoms with Crippen molar-refractivity contribution >= 4 is 5.91 Å². The van der Waals surface area contributed by atoms with E-state index in [9.17, 15) is 37.0 Å². The fourth-order valence-corrected chi connectivity index (χ4v) is 1.88. The van der Waals surface area contributed by atoms with Gasteiger partial charge in [0.15, 0.2) is 6.29 Å². The molecule has 0 aromatic rings. The van der Waals surface area contributed by atoms with Crippen LogP contribution < -0.4 is 5.32 Å². The van der Waals surface area contributed by atoms with Gasteiger partial charge in [0, 0.05) is 6.92 Å². The molecule has 0 spiro atoms. The zero-order chi connectivity index (χ0) is 18.0. The minimum atomic E-state index is -5.86.